The van der Waals surface area contributed by atoms with E-state index in [0.717, 1.165) is 24.9 Å². The summed E-state index contributed by atoms with van der Waals surface area (Å²) in [6.45, 7) is 5.10. The van der Waals surface area contributed by atoms with Crippen LogP contribution >= 0.6 is 0 Å². The first-order valence-corrected chi connectivity index (χ1v) is 7.96. The molecule has 1 atom stereocenters. The van der Waals surface area contributed by atoms with Crippen LogP contribution in [0, 0.1) is 12.8 Å². The van der Waals surface area contributed by atoms with Crippen molar-refractivity contribution in [3.8, 4) is 0 Å². The molecule has 1 rings (SSSR count). The Hall–Kier alpha value is -1.41. The van der Waals surface area contributed by atoms with Crippen LogP contribution in [0.25, 0.3) is 6.08 Å². The average Bonchev–Trinajstić information content (AvgIpc) is 2.45. The number of hydrogen-bond donors (Lipinski definition) is 0. The van der Waals surface area contributed by atoms with Crippen LogP contribution in [0.2, 0.25) is 0 Å². The number of nitrogens with zero attached hydrogens (tertiary/aromatic N) is 1. The summed E-state index contributed by atoms with van der Waals surface area (Å²) in [6.07, 6.45) is 8.22. The lowest BCUT2D eigenvalue weighted by atomic mass is 9.95. The van der Waals surface area contributed by atoms with E-state index in [1.807, 2.05) is 20.2 Å². The molecule has 0 radical (unpaired) electrons. The minimum absolute atomic E-state index is 0.119. The smallest absolute Gasteiger partial charge is 0.160 e. The van der Waals surface area contributed by atoms with E-state index in [1.165, 1.54) is 18.4 Å². The van der Waals surface area contributed by atoms with Crippen LogP contribution in [0.3, 0.4) is 0 Å². The summed E-state index contributed by atoms with van der Waals surface area (Å²) in [5.41, 5.74) is 2.33. The van der Waals surface area contributed by atoms with E-state index >= 15 is 0 Å². The van der Waals surface area contributed by atoms with Gasteiger partial charge < -0.3 is 4.90 Å². The van der Waals surface area contributed by atoms with E-state index in [0.29, 0.717) is 0 Å². The van der Waals surface area contributed by atoms with Gasteiger partial charge in [0.25, 0.3) is 0 Å². The molecule has 0 aliphatic carbocycles. The van der Waals surface area contributed by atoms with E-state index in [2.05, 4.69) is 43.0 Å². The summed E-state index contributed by atoms with van der Waals surface area (Å²) in [6, 6.07) is 8.25. The zero-order valence-corrected chi connectivity index (χ0v) is 13.9. The molecule has 2 heteroatoms. The van der Waals surface area contributed by atoms with Crippen molar-refractivity contribution < 1.29 is 4.79 Å². The van der Waals surface area contributed by atoms with Gasteiger partial charge in [-0.25, -0.2) is 0 Å². The molecule has 0 saturated heterocycles. The molecule has 0 aliphatic rings. The summed E-state index contributed by atoms with van der Waals surface area (Å²) in [7, 11) is 4.06. The van der Waals surface area contributed by atoms with Gasteiger partial charge >= 0.3 is 0 Å². The van der Waals surface area contributed by atoms with Gasteiger partial charge in [-0.15, -0.1) is 0 Å². The lowest BCUT2D eigenvalue weighted by Crippen LogP contribution is -2.27. The van der Waals surface area contributed by atoms with Gasteiger partial charge in [0.1, 0.15) is 0 Å². The first-order valence-electron chi connectivity index (χ1n) is 7.96. The van der Waals surface area contributed by atoms with Crippen LogP contribution < -0.4 is 0 Å². The molecule has 0 unspecified atom stereocenters. The summed E-state index contributed by atoms with van der Waals surface area (Å²) >= 11 is 0. The highest BCUT2D eigenvalue weighted by Gasteiger charge is 2.16. The molecule has 0 aromatic heterocycles. The number of benzene rings is 1. The van der Waals surface area contributed by atoms with Crippen molar-refractivity contribution in [3.63, 3.8) is 0 Å². The second-order valence-electron chi connectivity index (χ2n) is 6.10. The lowest BCUT2D eigenvalue weighted by molar-refractivity contribution is -0.118. The fourth-order valence-electron chi connectivity index (χ4n) is 2.40. The molecular weight excluding hydrogens is 258 g/mol. The van der Waals surface area contributed by atoms with E-state index in [4.69, 9.17) is 0 Å². The fraction of sp³-hybridized carbons (Fsp3) is 0.526. The molecule has 0 spiro atoms. The Morgan fingerprint density at radius 1 is 1.19 bits per heavy atom. The molecule has 0 fully saturated rings. The van der Waals surface area contributed by atoms with E-state index in [-0.39, 0.29) is 11.7 Å². The van der Waals surface area contributed by atoms with Crippen molar-refractivity contribution in [3.05, 3.63) is 41.5 Å². The minimum atomic E-state index is 0.119. The highest BCUT2D eigenvalue weighted by atomic mass is 16.1. The number of unbranched alkanes of at least 4 members (excludes halogenated alkanes) is 2. The summed E-state index contributed by atoms with van der Waals surface area (Å²) in [5, 5.41) is 0. The van der Waals surface area contributed by atoms with Gasteiger partial charge in [-0.1, -0.05) is 62.1 Å². The molecular formula is C19H29NO. The van der Waals surface area contributed by atoms with Gasteiger partial charge in [-0.05, 0) is 39.1 Å². The van der Waals surface area contributed by atoms with Crippen molar-refractivity contribution in [1.82, 2.24) is 4.90 Å². The van der Waals surface area contributed by atoms with Crippen LogP contribution in [-0.2, 0) is 4.79 Å². The standard InChI is InChI=1S/C19H29NO/c1-5-6-7-8-18(15-20(3)4)19(21)14-13-17-11-9-16(2)10-12-17/h9-14,18H,5-8,15H2,1-4H3/b14-13-/t18-/m0/s1. The first-order chi connectivity index (χ1) is 10.0. The van der Waals surface area contributed by atoms with Gasteiger partial charge in [0, 0.05) is 12.5 Å². The van der Waals surface area contributed by atoms with Gasteiger partial charge in [-0.3, -0.25) is 4.79 Å². The third-order valence-electron chi connectivity index (χ3n) is 3.66. The summed E-state index contributed by atoms with van der Waals surface area (Å²) in [4.78, 5) is 14.5. The summed E-state index contributed by atoms with van der Waals surface area (Å²) in [5.74, 6) is 0.369. The molecule has 116 valence electrons. The molecule has 21 heavy (non-hydrogen) atoms. The fourth-order valence-corrected chi connectivity index (χ4v) is 2.40. The van der Waals surface area contributed by atoms with Crippen molar-refractivity contribution in [2.24, 2.45) is 5.92 Å². The molecule has 0 saturated carbocycles. The Balaban J connectivity index is 2.63. The monoisotopic (exact) mass is 287 g/mol. The normalized spacial score (nSPS) is 13.0. The molecule has 0 bridgehead atoms. The van der Waals surface area contributed by atoms with Gasteiger partial charge in [0.15, 0.2) is 5.78 Å². The second-order valence-corrected chi connectivity index (χ2v) is 6.10. The Morgan fingerprint density at radius 2 is 1.86 bits per heavy atom. The number of allylic oxidation sites excluding steroid dienone is 1. The van der Waals surface area contributed by atoms with Crippen LogP contribution in [0.5, 0.6) is 0 Å². The maximum Gasteiger partial charge on any atom is 0.160 e. The minimum Gasteiger partial charge on any atom is -0.309 e. The number of aryl methyl sites for hydroxylation is 1. The van der Waals surface area contributed by atoms with E-state index in [1.54, 1.807) is 6.08 Å². The summed E-state index contributed by atoms with van der Waals surface area (Å²) < 4.78 is 0. The third kappa shape index (κ3) is 7.24. The number of carbonyl (C=O) groups excluding carboxylic acids is 1. The molecule has 0 N–H and O–H groups in total. The van der Waals surface area contributed by atoms with E-state index < -0.39 is 0 Å². The largest absolute Gasteiger partial charge is 0.309 e. The van der Waals surface area contributed by atoms with Crippen LogP contribution in [0.15, 0.2) is 30.3 Å². The maximum atomic E-state index is 12.4. The Kier molecular flexibility index (Phi) is 7.99. The molecule has 1 aromatic carbocycles. The number of hydrogen-bond acceptors (Lipinski definition) is 2. The van der Waals surface area contributed by atoms with Crippen molar-refractivity contribution in [1.29, 1.82) is 0 Å². The molecule has 2 nitrogen and oxygen atoms in total. The third-order valence-corrected chi connectivity index (χ3v) is 3.66. The van der Waals surface area contributed by atoms with Crippen molar-refractivity contribution >= 4 is 11.9 Å². The van der Waals surface area contributed by atoms with Crippen LogP contribution in [0.4, 0.5) is 0 Å². The Morgan fingerprint density at radius 3 is 2.43 bits per heavy atom. The van der Waals surface area contributed by atoms with E-state index in [9.17, 15) is 4.79 Å². The zero-order chi connectivity index (χ0) is 15.7. The highest BCUT2D eigenvalue weighted by Crippen LogP contribution is 2.14. The Bertz CT molecular complexity index is 445. The highest BCUT2D eigenvalue weighted by molar-refractivity contribution is 5.95. The predicted molar refractivity (Wildman–Crippen MR) is 91.4 cm³/mol. The molecule has 0 amide bonds. The number of carbonyl (C=O) groups is 1. The lowest BCUT2D eigenvalue weighted by Gasteiger charge is -2.18. The van der Waals surface area contributed by atoms with Crippen LogP contribution in [-0.4, -0.2) is 31.3 Å². The SMILES string of the molecule is CCCCC[C@@H](CN(C)C)C(=O)/C=C\c1ccc(C)cc1. The predicted octanol–water partition coefficient (Wildman–Crippen LogP) is 4.34. The van der Waals surface area contributed by atoms with Crippen LogP contribution in [0.1, 0.15) is 43.7 Å². The first kappa shape index (κ1) is 17.6. The van der Waals surface area contributed by atoms with Gasteiger partial charge in [0.05, 0.1) is 0 Å². The molecule has 1 aromatic rings. The maximum absolute atomic E-state index is 12.4. The van der Waals surface area contributed by atoms with Gasteiger partial charge in [0.2, 0.25) is 0 Å². The number of rotatable bonds is 9. The average molecular weight is 287 g/mol. The zero-order valence-electron chi connectivity index (χ0n) is 13.9. The quantitative estimate of drug-likeness (QED) is 0.497. The van der Waals surface area contributed by atoms with Gasteiger partial charge in [-0.2, -0.15) is 0 Å². The Labute approximate surface area is 129 Å². The van der Waals surface area contributed by atoms with Crippen molar-refractivity contribution in [2.75, 3.05) is 20.6 Å². The topological polar surface area (TPSA) is 20.3 Å². The molecule has 0 heterocycles. The molecule has 0 aliphatic heterocycles. The number of ketones is 1. The second kappa shape index (κ2) is 9.51. The van der Waals surface area contributed by atoms with Crippen molar-refractivity contribution in [2.45, 2.75) is 39.5 Å².